The molecule has 0 fully saturated rings. The van der Waals surface area contributed by atoms with Crippen LogP contribution in [0.4, 0.5) is 0 Å². The number of rotatable bonds is 9. The monoisotopic (exact) mass is 279 g/mol. The summed E-state index contributed by atoms with van der Waals surface area (Å²) in [5, 5.41) is 12.6. The van der Waals surface area contributed by atoms with Crippen molar-refractivity contribution in [3.8, 4) is 5.75 Å². The number of aliphatic hydroxyl groups is 1. The van der Waals surface area contributed by atoms with Crippen LogP contribution in [0.1, 0.15) is 52.1 Å². The molecule has 0 bridgehead atoms. The highest BCUT2D eigenvalue weighted by Crippen LogP contribution is 2.19. The van der Waals surface area contributed by atoms with Crippen LogP contribution in [0.5, 0.6) is 5.75 Å². The van der Waals surface area contributed by atoms with E-state index in [9.17, 15) is 0 Å². The minimum absolute atomic E-state index is 0.236. The molecule has 3 heteroatoms. The van der Waals surface area contributed by atoms with E-state index in [2.05, 4.69) is 45.1 Å². The minimum Gasteiger partial charge on any atom is -0.493 e. The Morgan fingerprint density at radius 3 is 2.30 bits per heavy atom. The second-order valence-electron chi connectivity index (χ2n) is 5.78. The normalized spacial score (nSPS) is 14.3. The molecule has 114 valence electrons. The number of nitrogens with one attached hydrogen (secondary N) is 1. The molecule has 1 aromatic carbocycles. The van der Waals surface area contributed by atoms with E-state index < -0.39 is 0 Å². The fraction of sp³-hybridized carbons (Fsp3) is 0.647. The molecular weight excluding hydrogens is 250 g/mol. The second kappa shape index (κ2) is 8.98. The first kappa shape index (κ1) is 17.0. The van der Waals surface area contributed by atoms with Crippen molar-refractivity contribution in [1.29, 1.82) is 0 Å². The lowest BCUT2D eigenvalue weighted by Crippen LogP contribution is -2.31. The first-order valence-corrected chi connectivity index (χ1v) is 7.66. The van der Waals surface area contributed by atoms with Crippen LogP contribution in [0.15, 0.2) is 24.3 Å². The molecule has 0 amide bonds. The van der Waals surface area contributed by atoms with Crippen LogP contribution in [-0.2, 0) is 0 Å². The molecule has 1 aromatic rings. The maximum atomic E-state index is 9.03. The van der Waals surface area contributed by atoms with E-state index >= 15 is 0 Å². The molecule has 0 aromatic heterocycles. The van der Waals surface area contributed by atoms with Gasteiger partial charge in [0.1, 0.15) is 5.75 Å². The molecule has 0 saturated carbocycles. The van der Waals surface area contributed by atoms with Gasteiger partial charge in [-0.1, -0.05) is 32.9 Å². The van der Waals surface area contributed by atoms with Gasteiger partial charge in [0.15, 0.2) is 0 Å². The summed E-state index contributed by atoms with van der Waals surface area (Å²) in [4.78, 5) is 0. The van der Waals surface area contributed by atoms with E-state index in [-0.39, 0.29) is 12.6 Å². The number of hydrogen-bond donors (Lipinski definition) is 2. The zero-order chi connectivity index (χ0) is 15.0. The third-order valence-corrected chi connectivity index (χ3v) is 3.42. The topological polar surface area (TPSA) is 41.5 Å². The van der Waals surface area contributed by atoms with Gasteiger partial charge in [0, 0.05) is 18.7 Å². The van der Waals surface area contributed by atoms with Crippen LogP contribution in [0, 0.1) is 5.92 Å². The van der Waals surface area contributed by atoms with Gasteiger partial charge in [-0.25, -0.2) is 0 Å². The van der Waals surface area contributed by atoms with Crippen molar-refractivity contribution in [2.24, 2.45) is 5.92 Å². The predicted molar refractivity (Wildman–Crippen MR) is 84.1 cm³/mol. The third kappa shape index (κ3) is 5.93. The van der Waals surface area contributed by atoms with Crippen LogP contribution < -0.4 is 10.1 Å². The summed E-state index contributed by atoms with van der Waals surface area (Å²) in [6, 6.07) is 8.93. The molecule has 0 heterocycles. The Balaban J connectivity index is 2.54. The molecule has 2 N–H and O–H groups in total. The van der Waals surface area contributed by atoms with E-state index in [0.717, 1.165) is 25.2 Å². The second-order valence-corrected chi connectivity index (χ2v) is 5.78. The molecule has 0 aliphatic carbocycles. The number of benzene rings is 1. The Labute approximate surface area is 123 Å². The Morgan fingerprint density at radius 2 is 1.80 bits per heavy atom. The molecule has 2 unspecified atom stereocenters. The zero-order valence-electron chi connectivity index (χ0n) is 13.2. The highest BCUT2D eigenvalue weighted by molar-refractivity contribution is 5.29. The standard InChI is InChI=1S/C17H29NO2/c1-5-16(10-11-19)18-14(4)15-6-8-17(9-7-15)20-12-13(2)3/h6-9,13-14,16,18-19H,5,10-12H2,1-4H3. The summed E-state index contributed by atoms with van der Waals surface area (Å²) in [7, 11) is 0. The summed E-state index contributed by atoms with van der Waals surface area (Å²) in [6.45, 7) is 9.58. The van der Waals surface area contributed by atoms with Gasteiger partial charge in [-0.2, -0.15) is 0 Å². The molecule has 0 radical (unpaired) electrons. The van der Waals surface area contributed by atoms with E-state index in [4.69, 9.17) is 9.84 Å². The van der Waals surface area contributed by atoms with Crippen LogP contribution in [0.25, 0.3) is 0 Å². The van der Waals surface area contributed by atoms with Crippen molar-refractivity contribution >= 4 is 0 Å². The van der Waals surface area contributed by atoms with Gasteiger partial charge < -0.3 is 15.2 Å². The molecule has 0 spiro atoms. The summed E-state index contributed by atoms with van der Waals surface area (Å²) < 4.78 is 5.69. The lowest BCUT2D eigenvalue weighted by molar-refractivity contribution is 0.257. The van der Waals surface area contributed by atoms with Crippen LogP contribution in [0.2, 0.25) is 0 Å². The van der Waals surface area contributed by atoms with Crippen molar-refractivity contribution in [3.63, 3.8) is 0 Å². The van der Waals surface area contributed by atoms with Gasteiger partial charge in [-0.3, -0.25) is 0 Å². The highest BCUT2D eigenvalue weighted by Gasteiger charge is 2.11. The molecule has 3 nitrogen and oxygen atoms in total. The van der Waals surface area contributed by atoms with Gasteiger partial charge in [-0.15, -0.1) is 0 Å². The first-order chi connectivity index (χ1) is 9.56. The van der Waals surface area contributed by atoms with E-state index in [1.807, 2.05) is 12.1 Å². The quantitative estimate of drug-likeness (QED) is 0.726. The maximum absolute atomic E-state index is 9.03. The number of aliphatic hydroxyl groups excluding tert-OH is 1. The SMILES string of the molecule is CCC(CCO)NC(C)c1ccc(OCC(C)C)cc1. The highest BCUT2D eigenvalue weighted by atomic mass is 16.5. The third-order valence-electron chi connectivity index (χ3n) is 3.42. The summed E-state index contributed by atoms with van der Waals surface area (Å²) >= 11 is 0. The van der Waals surface area contributed by atoms with E-state index in [1.165, 1.54) is 5.56 Å². The largest absolute Gasteiger partial charge is 0.493 e. The molecule has 0 saturated heterocycles. The Hall–Kier alpha value is -1.06. The average molecular weight is 279 g/mol. The average Bonchev–Trinajstić information content (AvgIpc) is 2.45. The summed E-state index contributed by atoms with van der Waals surface area (Å²) in [5.41, 5.74) is 1.25. The zero-order valence-corrected chi connectivity index (χ0v) is 13.2. The number of hydrogen-bond acceptors (Lipinski definition) is 3. The lowest BCUT2D eigenvalue weighted by Gasteiger charge is -2.22. The van der Waals surface area contributed by atoms with Crippen LogP contribution in [0.3, 0.4) is 0 Å². The number of ether oxygens (including phenoxy) is 1. The summed E-state index contributed by atoms with van der Waals surface area (Å²) in [5.74, 6) is 1.47. The first-order valence-electron chi connectivity index (χ1n) is 7.66. The molecule has 20 heavy (non-hydrogen) atoms. The van der Waals surface area contributed by atoms with Gasteiger partial charge in [0.05, 0.1) is 6.61 Å². The van der Waals surface area contributed by atoms with E-state index in [1.54, 1.807) is 0 Å². The summed E-state index contributed by atoms with van der Waals surface area (Å²) in [6.07, 6.45) is 1.83. The molecule has 1 rings (SSSR count). The van der Waals surface area contributed by atoms with Gasteiger partial charge in [0.2, 0.25) is 0 Å². The molecule has 2 atom stereocenters. The fourth-order valence-electron chi connectivity index (χ4n) is 2.13. The maximum Gasteiger partial charge on any atom is 0.119 e. The smallest absolute Gasteiger partial charge is 0.119 e. The van der Waals surface area contributed by atoms with E-state index in [0.29, 0.717) is 12.0 Å². The van der Waals surface area contributed by atoms with Crippen molar-refractivity contribution < 1.29 is 9.84 Å². The van der Waals surface area contributed by atoms with Crippen LogP contribution in [-0.4, -0.2) is 24.4 Å². The molecular formula is C17H29NO2. The minimum atomic E-state index is 0.236. The van der Waals surface area contributed by atoms with Gasteiger partial charge >= 0.3 is 0 Å². The lowest BCUT2D eigenvalue weighted by atomic mass is 10.1. The van der Waals surface area contributed by atoms with Crippen molar-refractivity contribution in [3.05, 3.63) is 29.8 Å². The van der Waals surface area contributed by atoms with Crippen molar-refractivity contribution in [2.75, 3.05) is 13.2 Å². The van der Waals surface area contributed by atoms with Gasteiger partial charge in [0.25, 0.3) is 0 Å². The predicted octanol–water partition coefficient (Wildman–Crippen LogP) is 3.53. The Kier molecular flexibility index (Phi) is 7.63. The molecule has 0 aliphatic heterocycles. The van der Waals surface area contributed by atoms with Gasteiger partial charge in [-0.05, 0) is 43.4 Å². The van der Waals surface area contributed by atoms with Crippen LogP contribution >= 0.6 is 0 Å². The molecule has 0 aliphatic rings. The Morgan fingerprint density at radius 1 is 1.15 bits per heavy atom. The van der Waals surface area contributed by atoms with Crippen molar-refractivity contribution in [1.82, 2.24) is 5.32 Å². The Bertz CT molecular complexity index is 362. The van der Waals surface area contributed by atoms with Crippen molar-refractivity contribution in [2.45, 2.75) is 52.6 Å². The fourth-order valence-corrected chi connectivity index (χ4v) is 2.13.